The Labute approximate surface area is 252 Å². The highest BCUT2D eigenvalue weighted by Crippen LogP contribution is 2.14. The zero-order valence-corrected chi connectivity index (χ0v) is 26.7. The molecule has 0 aromatic heterocycles. The summed E-state index contributed by atoms with van der Waals surface area (Å²) in [5.74, 6) is -0.327. The van der Waals surface area contributed by atoms with Crippen molar-refractivity contribution in [3.8, 4) is 0 Å². The summed E-state index contributed by atoms with van der Waals surface area (Å²) in [7, 11) is 0. The van der Waals surface area contributed by atoms with Gasteiger partial charge in [0.1, 0.15) is 6.61 Å². The van der Waals surface area contributed by atoms with Gasteiger partial charge < -0.3 is 24.3 Å². The molecule has 1 rings (SSSR count). The summed E-state index contributed by atoms with van der Waals surface area (Å²) in [4.78, 5) is 12.1. The number of benzene rings is 1. The van der Waals surface area contributed by atoms with E-state index in [-0.39, 0.29) is 12.6 Å². The quantitative estimate of drug-likeness (QED) is 0.0700. The molecular weight excluding hydrogens is 514 g/mol. The Bertz CT molecular complexity index is 682. The van der Waals surface area contributed by atoms with Crippen LogP contribution in [-0.2, 0) is 18.9 Å². The molecule has 0 fully saturated rings. The van der Waals surface area contributed by atoms with E-state index >= 15 is 0 Å². The predicted octanol–water partition coefficient (Wildman–Crippen LogP) is 9.37. The average Bonchev–Trinajstić information content (AvgIpc) is 2.99. The second-order valence-electron chi connectivity index (χ2n) is 11.1. The molecule has 1 N–H and O–H groups in total. The molecule has 0 unspecified atom stereocenters. The summed E-state index contributed by atoms with van der Waals surface area (Å²) in [5.41, 5.74) is 1.57. The number of hydrogen-bond acceptors (Lipinski definition) is 6. The van der Waals surface area contributed by atoms with Crippen LogP contribution in [-0.4, -0.2) is 58.8 Å². The number of esters is 1. The zero-order valence-electron chi connectivity index (χ0n) is 26.7. The van der Waals surface area contributed by atoms with E-state index in [1.807, 2.05) is 12.1 Å². The fourth-order valence-corrected chi connectivity index (χ4v) is 4.70. The lowest BCUT2D eigenvalue weighted by Gasteiger charge is -2.09. The number of carbonyl (C=O) groups excluding carboxylic acids is 1. The maximum absolute atomic E-state index is 12.1. The van der Waals surface area contributed by atoms with Crippen molar-refractivity contribution in [2.75, 3.05) is 58.1 Å². The van der Waals surface area contributed by atoms with Crippen LogP contribution in [0.2, 0.25) is 0 Å². The zero-order chi connectivity index (χ0) is 29.5. The highest BCUT2D eigenvalue weighted by atomic mass is 16.6. The Kier molecular flexibility index (Phi) is 27.2. The van der Waals surface area contributed by atoms with Gasteiger partial charge in [0.25, 0.3) is 0 Å². The van der Waals surface area contributed by atoms with Crippen molar-refractivity contribution in [1.29, 1.82) is 0 Å². The van der Waals surface area contributed by atoms with E-state index in [4.69, 9.17) is 18.9 Å². The summed E-state index contributed by atoms with van der Waals surface area (Å²) < 4.78 is 22.0. The number of unbranched alkanes of at least 4 members (excludes halogenated alkanes) is 16. The van der Waals surface area contributed by atoms with E-state index in [0.717, 1.165) is 38.1 Å². The van der Waals surface area contributed by atoms with Gasteiger partial charge in [-0.3, -0.25) is 0 Å². The second kappa shape index (κ2) is 29.8. The Balaban J connectivity index is 1.75. The molecule has 0 heterocycles. The summed E-state index contributed by atoms with van der Waals surface area (Å²) in [5, 5.41) is 3.33. The van der Waals surface area contributed by atoms with Crippen molar-refractivity contribution < 1.29 is 23.7 Å². The van der Waals surface area contributed by atoms with Crippen molar-refractivity contribution in [2.45, 2.75) is 129 Å². The van der Waals surface area contributed by atoms with Crippen LogP contribution in [0.4, 0.5) is 5.69 Å². The van der Waals surface area contributed by atoms with Gasteiger partial charge in [-0.2, -0.15) is 0 Å². The van der Waals surface area contributed by atoms with Crippen LogP contribution in [0.3, 0.4) is 0 Å². The highest BCUT2D eigenvalue weighted by molar-refractivity contribution is 5.89. The standard InChI is InChI=1S/C35H63NO5/c1-3-5-7-8-9-10-11-12-13-14-15-16-17-18-19-20-26-38-27-28-39-29-30-40-31-32-41-35(37)33-21-23-34(24-22-33)36-25-6-4-2/h21-24,36H,3-20,25-32H2,1-2H3. The molecular formula is C35H63NO5. The van der Waals surface area contributed by atoms with E-state index in [1.54, 1.807) is 12.1 Å². The van der Waals surface area contributed by atoms with Gasteiger partial charge in [0.2, 0.25) is 0 Å². The molecule has 0 atom stereocenters. The molecule has 0 amide bonds. The number of rotatable bonds is 31. The second-order valence-corrected chi connectivity index (χ2v) is 11.1. The molecule has 0 aliphatic heterocycles. The Morgan fingerprint density at radius 2 is 0.927 bits per heavy atom. The molecule has 0 spiro atoms. The smallest absolute Gasteiger partial charge is 0.338 e. The third-order valence-electron chi connectivity index (χ3n) is 7.33. The Hall–Kier alpha value is -1.63. The Morgan fingerprint density at radius 1 is 0.512 bits per heavy atom. The normalized spacial score (nSPS) is 11.2. The lowest BCUT2D eigenvalue weighted by Crippen LogP contribution is -2.14. The molecule has 0 radical (unpaired) electrons. The van der Waals surface area contributed by atoms with E-state index in [9.17, 15) is 4.79 Å². The maximum atomic E-state index is 12.1. The third-order valence-corrected chi connectivity index (χ3v) is 7.33. The highest BCUT2D eigenvalue weighted by Gasteiger charge is 2.06. The first kappa shape index (κ1) is 37.4. The van der Waals surface area contributed by atoms with Crippen LogP contribution in [0.15, 0.2) is 24.3 Å². The topological polar surface area (TPSA) is 66.0 Å². The summed E-state index contributed by atoms with van der Waals surface area (Å²) in [6.45, 7) is 9.01. The summed E-state index contributed by atoms with van der Waals surface area (Å²) >= 11 is 0. The maximum Gasteiger partial charge on any atom is 0.338 e. The molecule has 1 aromatic carbocycles. The molecule has 0 saturated carbocycles. The van der Waals surface area contributed by atoms with Crippen LogP contribution in [0.25, 0.3) is 0 Å². The predicted molar refractivity (Wildman–Crippen MR) is 172 cm³/mol. The van der Waals surface area contributed by atoms with Crippen LogP contribution in [0.1, 0.15) is 140 Å². The van der Waals surface area contributed by atoms with Crippen molar-refractivity contribution in [2.24, 2.45) is 0 Å². The van der Waals surface area contributed by atoms with Gasteiger partial charge in [0.05, 0.1) is 38.6 Å². The molecule has 0 aliphatic rings. The molecule has 0 saturated heterocycles. The molecule has 6 nitrogen and oxygen atoms in total. The summed E-state index contributed by atoms with van der Waals surface area (Å²) in [6.07, 6.45) is 24.4. The fraction of sp³-hybridized carbons (Fsp3) is 0.800. The minimum atomic E-state index is -0.327. The van der Waals surface area contributed by atoms with E-state index in [0.29, 0.717) is 38.6 Å². The summed E-state index contributed by atoms with van der Waals surface area (Å²) in [6, 6.07) is 7.39. The van der Waals surface area contributed by atoms with E-state index in [1.165, 1.54) is 96.3 Å². The largest absolute Gasteiger partial charge is 0.460 e. The van der Waals surface area contributed by atoms with Gasteiger partial charge in [-0.1, -0.05) is 117 Å². The third kappa shape index (κ3) is 24.7. The number of ether oxygens (including phenoxy) is 4. The number of nitrogens with one attached hydrogen (secondary N) is 1. The number of anilines is 1. The average molecular weight is 578 g/mol. The van der Waals surface area contributed by atoms with Gasteiger partial charge >= 0.3 is 5.97 Å². The van der Waals surface area contributed by atoms with E-state index < -0.39 is 0 Å². The van der Waals surface area contributed by atoms with Crippen molar-refractivity contribution in [3.63, 3.8) is 0 Å². The van der Waals surface area contributed by atoms with Gasteiger partial charge in [-0.15, -0.1) is 0 Å². The minimum Gasteiger partial charge on any atom is -0.460 e. The van der Waals surface area contributed by atoms with Gasteiger partial charge in [0, 0.05) is 18.8 Å². The Morgan fingerprint density at radius 3 is 1.41 bits per heavy atom. The molecule has 41 heavy (non-hydrogen) atoms. The lowest BCUT2D eigenvalue weighted by atomic mass is 10.0. The van der Waals surface area contributed by atoms with Crippen LogP contribution in [0, 0.1) is 0 Å². The fourth-order valence-electron chi connectivity index (χ4n) is 4.70. The molecule has 6 heteroatoms. The van der Waals surface area contributed by atoms with E-state index in [2.05, 4.69) is 19.2 Å². The van der Waals surface area contributed by atoms with Crippen LogP contribution >= 0.6 is 0 Å². The number of hydrogen-bond donors (Lipinski definition) is 1. The first-order valence-corrected chi connectivity index (χ1v) is 17.0. The first-order chi connectivity index (χ1) is 20.3. The van der Waals surface area contributed by atoms with Crippen molar-refractivity contribution >= 4 is 11.7 Å². The van der Waals surface area contributed by atoms with Gasteiger partial charge in [-0.25, -0.2) is 4.79 Å². The SMILES string of the molecule is CCCCCCCCCCCCCCCCCCOCCOCCOCCOC(=O)c1ccc(NCCCC)cc1. The monoisotopic (exact) mass is 577 g/mol. The number of carbonyl (C=O) groups is 1. The van der Waals surface area contributed by atoms with Crippen LogP contribution < -0.4 is 5.32 Å². The molecule has 238 valence electrons. The molecule has 0 aliphatic carbocycles. The van der Waals surface area contributed by atoms with Gasteiger partial charge in [0.15, 0.2) is 0 Å². The minimum absolute atomic E-state index is 0.234. The van der Waals surface area contributed by atoms with Crippen LogP contribution in [0.5, 0.6) is 0 Å². The molecule has 1 aromatic rings. The lowest BCUT2D eigenvalue weighted by molar-refractivity contribution is 0.000185. The van der Waals surface area contributed by atoms with Gasteiger partial charge in [-0.05, 0) is 37.1 Å². The first-order valence-electron chi connectivity index (χ1n) is 17.0. The van der Waals surface area contributed by atoms with Crippen molar-refractivity contribution in [3.05, 3.63) is 29.8 Å². The molecule has 0 bridgehead atoms. The van der Waals surface area contributed by atoms with Crippen molar-refractivity contribution in [1.82, 2.24) is 0 Å².